The van der Waals surface area contributed by atoms with Crippen molar-refractivity contribution < 1.29 is 9.53 Å². The van der Waals surface area contributed by atoms with E-state index in [1.165, 1.54) is 0 Å². The molecule has 1 unspecified atom stereocenters. The molecule has 1 amide bonds. The first kappa shape index (κ1) is 23.5. The maximum Gasteiger partial charge on any atom is 0.273 e. The minimum atomic E-state index is -0.400. The molecule has 1 N–H and O–H groups in total. The van der Waals surface area contributed by atoms with Crippen molar-refractivity contribution >= 4 is 29.1 Å². The van der Waals surface area contributed by atoms with Crippen molar-refractivity contribution in [3.05, 3.63) is 105 Å². The summed E-state index contributed by atoms with van der Waals surface area (Å²) in [6, 6.07) is 22.7. The number of rotatable bonds is 5. The number of fused-ring (bicyclic) bond motifs is 1. The summed E-state index contributed by atoms with van der Waals surface area (Å²) >= 11 is 12.1. The number of carbonyl (C=O) groups is 1. The first-order valence-electron chi connectivity index (χ1n) is 11.4. The van der Waals surface area contributed by atoms with Gasteiger partial charge in [-0.1, -0.05) is 59.6 Å². The number of nitrogens with one attached hydrogen (secondary N) is 1. The Labute approximate surface area is 214 Å². The quantitative estimate of drug-likeness (QED) is 0.309. The van der Waals surface area contributed by atoms with Crippen molar-refractivity contribution in [1.29, 1.82) is 0 Å². The molecule has 0 spiro atoms. The average Bonchev–Trinajstić information content (AvgIpc) is 3.38. The fraction of sp³-hybridized carbons (Fsp3) is 0.214. The third-order valence-corrected chi connectivity index (χ3v) is 6.63. The standard InChI is InChI=1S/C28H25Cl2N3O2/c1-28(2,3)33-26(19-8-14-22(15-9-19)35-16-17-4-10-20(29)11-5-17)23-24(31-32-25(23)27(33)34)18-6-12-21(30)13-7-18/h4-15,26H,16H2,1-3H3,(H,31,32). The fourth-order valence-corrected chi connectivity index (χ4v) is 4.73. The molecule has 0 bridgehead atoms. The van der Waals surface area contributed by atoms with Gasteiger partial charge in [-0.25, -0.2) is 0 Å². The molecule has 2 heterocycles. The smallest absolute Gasteiger partial charge is 0.273 e. The third kappa shape index (κ3) is 4.54. The molecule has 1 aromatic heterocycles. The molecule has 0 fully saturated rings. The van der Waals surface area contributed by atoms with Crippen LogP contribution in [0.25, 0.3) is 11.3 Å². The first-order valence-corrected chi connectivity index (χ1v) is 12.1. The van der Waals surface area contributed by atoms with Crippen LogP contribution >= 0.6 is 23.2 Å². The number of halogens is 2. The Morgan fingerprint density at radius 2 is 1.51 bits per heavy atom. The number of carbonyl (C=O) groups excluding carboxylic acids is 1. The highest BCUT2D eigenvalue weighted by atomic mass is 35.5. The highest BCUT2D eigenvalue weighted by molar-refractivity contribution is 6.30. The van der Waals surface area contributed by atoms with Crippen LogP contribution < -0.4 is 4.74 Å². The van der Waals surface area contributed by atoms with E-state index in [-0.39, 0.29) is 11.9 Å². The molecule has 1 aliphatic rings. The van der Waals surface area contributed by atoms with Crippen LogP contribution in [0.3, 0.4) is 0 Å². The zero-order valence-corrected chi connectivity index (χ0v) is 21.2. The van der Waals surface area contributed by atoms with E-state index in [1.54, 1.807) is 0 Å². The van der Waals surface area contributed by atoms with E-state index in [0.29, 0.717) is 22.3 Å². The van der Waals surface area contributed by atoms with Crippen LogP contribution in [0.1, 0.15) is 54.0 Å². The summed E-state index contributed by atoms with van der Waals surface area (Å²) < 4.78 is 5.97. The van der Waals surface area contributed by atoms with Gasteiger partial charge >= 0.3 is 0 Å². The molecular formula is C28H25Cl2N3O2. The summed E-state index contributed by atoms with van der Waals surface area (Å²) in [5.74, 6) is 0.689. The zero-order chi connectivity index (χ0) is 24.7. The molecule has 5 rings (SSSR count). The number of benzene rings is 3. The average molecular weight is 506 g/mol. The van der Waals surface area contributed by atoms with E-state index in [9.17, 15) is 4.79 Å². The summed E-state index contributed by atoms with van der Waals surface area (Å²) in [5.41, 5.74) is 4.69. The molecule has 7 heteroatoms. The van der Waals surface area contributed by atoms with Gasteiger partial charge in [-0.05, 0) is 68.3 Å². The Morgan fingerprint density at radius 3 is 2.11 bits per heavy atom. The van der Waals surface area contributed by atoms with Crippen LogP contribution in [0.15, 0.2) is 72.8 Å². The van der Waals surface area contributed by atoms with Crippen LogP contribution in [0.5, 0.6) is 5.75 Å². The minimum Gasteiger partial charge on any atom is -0.489 e. The number of hydrogen-bond donors (Lipinski definition) is 1. The van der Waals surface area contributed by atoms with Crippen LogP contribution in [-0.2, 0) is 6.61 Å². The molecule has 0 aliphatic carbocycles. The van der Waals surface area contributed by atoms with Gasteiger partial charge in [0.05, 0.1) is 11.7 Å². The van der Waals surface area contributed by atoms with Crippen molar-refractivity contribution in [2.24, 2.45) is 0 Å². The summed E-state index contributed by atoms with van der Waals surface area (Å²) in [7, 11) is 0. The highest BCUT2D eigenvalue weighted by Gasteiger charge is 2.46. The topological polar surface area (TPSA) is 58.2 Å². The van der Waals surface area contributed by atoms with E-state index < -0.39 is 5.54 Å². The van der Waals surface area contributed by atoms with E-state index in [1.807, 2.05) is 98.5 Å². The van der Waals surface area contributed by atoms with Gasteiger partial charge < -0.3 is 9.64 Å². The van der Waals surface area contributed by atoms with E-state index in [4.69, 9.17) is 27.9 Å². The van der Waals surface area contributed by atoms with E-state index in [0.717, 1.165) is 33.7 Å². The number of nitrogens with zero attached hydrogens (tertiary/aromatic N) is 2. The van der Waals surface area contributed by atoms with E-state index in [2.05, 4.69) is 10.2 Å². The van der Waals surface area contributed by atoms with Gasteiger partial charge in [0.25, 0.3) is 5.91 Å². The molecule has 0 saturated carbocycles. The lowest BCUT2D eigenvalue weighted by molar-refractivity contribution is 0.0546. The molecule has 4 aromatic rings. The van der Waals surface area contributed by atoms with Crippen LogP contribution in [0.4, 0.5) is 0 Å². The van der Waals surface area contributed by atoms with Gasteiger partial charge in [-0.15, -0.1) is 0 Å². The maximum absolute atomic E-state index is 13.5. The number of aromatic nitrogens is 2. The van der Waals surface area contributed by atoms with Gasteiger partial charge in [0.2, 0.25) is 0 Å². The zero-order valence-electron chi connectivity index (χ0n) is 19.7. The predicted octanol–water partition coefficient (Wildman–Crippen LogP) is 7.31. The molecule has 0 radical (unpaired) electrons. The SMILES string of the molecule is CC(C)(C)N1C(=O)c2[nH]nc(-c3ccc(Cl)cc3)c2C1c1ccc(OCc2ccc(Cl)cc2)cc1. The Bertz CT molecular complexity index is 1360. The summed E-state index contributed by atoms with van der Waals surface area (Å²) in [4.78, 5) is 15.4. The third-order valence-electron chi connectivity index (χ3n) is 6.12. The second kappa shape index (κ2) is 9.06. The van der Waals surface area contributed by atoms with Crippen molar-refractivity contribution in [3.63, 3.8) is 0 Å². The monoisotopic (exact) mass is 505 g/mol. The number of amides is 1. The summed E-state index contributed by atoms with van der Waals surface area (Å²) in [6.07, 6.45) is 0. The van der Waals surface area contributed by atoms with Crippen molar-refractivity contribution in [2.75, 3.05) is 0 Å². The number of H-pyrrole nitrogens is 1. The first-order chi connectivity index (χ1) is 16.7. The van der Waals surface area contributed by atoms with Crippen LogP contribution in [-0.4, -0.2) is 26.5 Å². The molecule has 35 heavy (non-hydrogen) atoms. The molecule has 1 aliphatic heterocycles. The lowest BCUT2D eigenvalue weighted by Gasteiger charge is -2.37. The second-order valence-corrected chi connectivity index (χ2v) is 10.5. The Hall–Kier alpha value is -3.28. The maximum atomic E-state index is 13.5. The summed E-state index contributed by atoms with van der Waals surface area (Å²) in [5, 5.41) is 8.86. The fourth-order valence-electron chi connectivity index (χ4n) is 4.48. The van der Waals surface area contributed by atoms with Gasteiger partial charge in [0.15, 0.2) is 0 Å². The minimum absolute atomic E-state index is 0.0618. The molecule has 3 aromatic carbocycles. The van der Waals surface area contributed by atoms with Gasteiger partial charge in [-0.2, -0.15) is 5.10 Å². The number of ether oxygens (including phenoxy) is 1. The molecule has 5 nitrogen and oxygen atoms in total. The van der Waals surface area contributed by atoms with Crippen LogP contribution in [0, 0.1) is 0 Å². The van der Waals surface area contributed by atoms with E-state index >= 15 is 0 Å². The largest absolute Gasteiger partial charge is 0.489 e. The van der Waals surface area contributed by atoms with Gasteiger partial charge in [-0.3, -0.25) is 9.89 Å². The number of hydrogen-bond acceptors (Lipinski definition) is 3. The van der Waals surface area contributed by atoms with Crippen molar-refractivity contribution in [2.45, 2.75) is 39.0 Å². The Morgan fingerprint density at radius 1 is 0.914 bits per heavy atom. The lowest BCUT2D eigenvalue weighted by Crippen LogP contribution is -2.44. The number of aromatic amines is 1. The predicted molar refractivity (Wildman–Crippen MR) is 139 cm³/mol. The Balaban J connectivity index is 1.49. The second-order valence-electron chi connectivity index (χ2n) is 9.60. The molecule has 0 saturated heterocycles. The van der Waals surface area contributed by atoms with Crippen LogP contribution in [0.2, 0.25) is 10.0 Å². The summed E-state index contributed by atoms with van der Waals surface area (Å²) in [6.45, 7) is 6.58. The van der Waals surface area contributed by atoms with Crippen molar-refractivity contribution in [3.8, 4) is 17.0 Å². The highest BCUT2D eigenvalue weighted by Crippen LogP contribution is 2.46. The van der Waals surface area contributed by atoms with Crippen molar-refractivity contribution in [1.82, 2.24) is 15.1 Å². The normalized spacial score (nSPS) is 15.4. The lowest BCUT2D eigenvalue weighted by atomic mass is 9.93. The van der Waals surface area contributed by atoms with Gasteiger partial charge in [0, 0.05) is 26.7 Å². The molecular weight excluding hydrogens is 481 g/mol. The Kier molecular flexibility index (Phi) is 6.07. The van der Waals surface area contributed by atoms with Gasteiger partial charge in [0.1, 0.15) is 18.1 Å². The molecule has 178 valence electrons. The molecule has 1 atom stereocenters.